The van der Waals surface area contributed by atoms with Crippen molar-refractivity contribution >= 4 is 27.3 Å². The topological polar surface area (TPSA) is 112 Å². The smallest absolute Gasteiger partial charge is 0.253 e. The zero-order valence-electron chi connectivity index (χ0n) is 23.9. The van der Waals surface area contributed by atoms with Crippen LogP contribution in [0.25, 0.3) is 11.3 Å². The van der Waals surface area contributed by atoms with Gasteiger partial charge in [-0.05, 0) is 80.3 Å². The van der Waals surface area contributed by atoms with E-state index >= 15 is 0 Å². The van der Waals surface area contributed by atoms with Crippen LogP contribution >= 0.6 is 11.6 Å². The van der Waals surface area contributed by atoms with Gasteiger partial charge in [0.25, 0.3) is 5.91 Å². The number of hydrogen-bond donors (Lipinski definition) is 2. The lowest BCUT2D eigenvalue weighted by atomic mass is 10.0. The SMILES string of the molecule is Cc1ccc([C@@H](C)NCc2ccc(-c3ccc(Cl)c(C(=O)N[C@@H](CCS(C)(=O)=O)Cc4ccc(C#N)cc4)c3)o2)cc1. The van der Waals surface area contributed by atoms with E-state index in [2.05, 4.69) is 54.8 Å². The molecule has 9 heteroatoms. The summed E-state index contributed by atoms with van der Waals surface area (Å²) in [5.41, 5.74) is 4.77. The van der Waals surface area contributed by atoms with Crippen LogP contribution in [0.4, 0.5) is 0 Å². The predicted molar refractivity (Wildman–Crippen MR) is 166 cm³/mol. The molecule has 2 atom stereocenters. The van der Waals surface area contributed by atoms with Gasteiger partial charge >= 0.3 is 0 Å². The van der Waals surface area contributed by atoms with Crippen molar-refractivity contribution in [2.45, 2.75) is 45.3 Å². The van der Waals surface area contributed by atoms with Crippen LogP contribution in [0.15, 0.2) is 83.3 Å². The minimum absolute atomic E-state index is 0.0757. The van der Waals surface area contributed by atoms with Gasteiger partial charge in [-0.3, -0.25) is 4.79 Å². The third-order valence-electron chi connectivity index (χ3n) is 7.05. The number of furan rings is 1. The van der Waals surface area contributed by atoms with E-state index in [4.69, 9.17) is 21.3 Å². The highest BCUT2D eigenvalue weighted by Gasteiger charge is 2.20. The van der Waals surface area contributed by atoms with Gasteiger partial charge in [-0.25, -0.2) is 8.42 Å². The molecule has 4 aromatic rings. The summed E-state index contributed by atoms with van der Waals surface area (Å²) in [6.07, 6.45) is 1.81. The molecule has 0 saturated carbocycles. The van der Waals surface area contributed by atoms with Crippen LogP contribution in [-0.4, -0.2) is 32.4 Å². The second-order valence-corrected chi connectivity index (χ2v) is 13.2. The van der Waals surface area contributed by atoms with Crippen LogP contribution in [0.5, 0.6) is 0 Å². The van der Waals surface area contributed by atoms with Crippen molar-refractivity contribution in [2.24, 2.45) is 0 Å². The van der Waals surface area contributed by atoms with Gasteiger partial charge in [-0.1, -0.05) is 53.6 Å². The largest absolute Gasteiger partial charge is 0.460 e. The van der Waals surface area contributed by atoms with Gasteiger partial charge in [-0.2, -0.15) is 5.26 Å². The molecule has 42 heavy (non-hydrogen) atoms. The number of halogens is 1. The quantitative estimate of drug-likeness (QED) is 0.194. The Morgan fingerprint density at radius 2 is 1.74 bits per heavy atom. The number of rotatable bonds is 12. The first-order valence-corrected chi connectivity index (χ1v) is 16.1. The second-order valence-electron chi connectivity index (χ2n) is 10.6. The first-order valence-electron chi connectivity index (χ1n) is 13.7. The molecule has 4 rings (SSSR count). The third kappa shape index (κ3) is 8.80. The molecule has 0 aliphatic rings. The van der Waals surface area contributed by atoms with Gasteiger partial charge in [0, 0.05) is 23.9 Å². The van der Waals surface area contributed by atoms with E-state index in [0.29, 0.717) is 29.9 Å². The molecule has 0 saturated heterocycles. The third-order valence-corrected chi connectivity index (χ3v) is 8.36. The van der Waals surface area contributed by atoms with Crippen molar-refractivity contribution < 1.29 is 17.6 Å². The predicted octanol–water partition coefficient (Wildman–Crippen LogP) is 6.41. The average Bonchev–Trinajstić information content (AvgIpc) is 3.44. The van der Waals surface area contributed by atoms with Crippen LogP contribution in [0, 0.1) is 18.3 Å². The normalized spacial score (nSPS) is 12.8. The number of nitrogens with zero attached hydrogens (tertiary/aromatic N) is 1. The van der Waals surface area contributed by atoms with E-state index in [0.717, 1.165) is 11.3 Å². The Hall–Kier alpha value is -3.90. The van der Waals surface area contributed by atoms with Gasteiger partial charge in [0.1, 0.15) is 21.4 Å². The molecule has 0 radical (unpaired) electrons. The minimum Gasteiger partial charge on any atom is -0.460 e. The molecule has 2 N–H and O–H groups in total. The van der Waals surface area contributed by atoms with E-state index in [9.17, 15) is 13.2 Å². The Labute approximate surface area is 252 Å². The Kier molecular flexibility index (Phi) is 10.2. The van der Waals surface area contributed by atoms with Crippen molar-refractivity contribution in [1.29, 1.82) is 5.26 Å². The molecular formula is C33H34ClN3O4S. The maximum Gasteiger partial charge on any atom is 0.253 e. The Bertz CT molecular complexity index is 1670. The molecular weight excluding hydrogens is 570 g/mol. The van der Waals surface area contributed by atoms with Crippen LogP contribution < -0.4 is 10.6 Å². The fourth-order valence-electron chi connectivity index (χ4n) is 4.55. The molecule has 3 aromatic carbocycles. The summed E-state index contributed by atoms with van der Waals surface area (Å²) < 4.78 is 29.8. The number of sulfone groups is 1. The number of carbonyl (C=O) groups is 1. The Morgan fingerprint density at radius 3 is 2.40 bits per heavy atom. The maximum atomic E-state index is 13.4. The molecule has 1 aromatic heterocycles. The number of aryl methyl sites for hydroxylation is 1. The number of nitriles is 1. The van der Waals surface area contributed by atoms with Crippen molar-refractivity contribution in [3.05, 3.63) is 117 Å². The lowest BCUT2D eigenvalue weighted by Crippen LogP contribution is -2.38. The number of amides is 1. The Balaban J connectivity index is 1.46. The molecule has 218 valence electrons. The molecule has 0 aliphatic heterocycles. The zero-order chi connectivity index (χ0) is 30.3. The highest BCUT2D eigenvalue weighted by Crippen LogP contribution is 2.28. The summed E-state index contributed by atoms with van der Waals surface area (Å²) in [5.74, 6) is 0.877. The molecule has 0 unspecified atom stereocenters. The van der Waals surface area contributed by atoms with E-state index in [1.54, 1.807) is 42.5 Å². The summed E-state index contributed by atoms with van der Waals surface area (Å²) in [5, 5.41) is 15.8. The maximum absolute atomic E-state index is 13.4. The molecule has 0 bridgehead atoms. The van der Waals surface area contributed by atoms with E-state index < -0.39 is 21.8 Å². The molecule has 7 nitrogen and oxygen atoms in total. The lowest BCUT2D eigenvalue weighted by Gasteiger charge is -2.19. The standard InChI is InChI=1S/C33H34ClN3O4S/c1-22-4-10-26(11-5-22)23(2)36-21-29-13-15-32(41-29)27-12-14-31(34)30(19-27)33(38)37-28(16-17-42(3,39)40)18-24-6-8-25(20-35)9-7-24/h4-15,19,23,28,36H,16-18,21H2,1-3H3,(H,37,38)/t23-,28+/m1/s1. The first kappa shape index (κ1) is 31.0. The zero-order valence-corrected chi connectivity index (χ0v) is 25.4. The van der Waals surface area contributed by atoms with E-state index in [1.165, 1.54) is 17.4 Å². The molecule has 0 fully saturated rings. The second kappa shape index (κ2) is 13.8. The number of nitrogens with one attached hydrogen (secondary N) is 2. The highest BCUT2D eigenvalue weighted by molar-refractivity contribution is 7.90. The van der Waals surface area contributed by atoms with Crippen LogP contribution in [-0.2, 0) is 22.8 Å². The minimum atomic E-state index is -3.24. The van der Waals surface area contributed by atoms with E-state index in [1.807, 2.05) is 12.1 Å². The number of hydrogen-bond acceptors (Lipinski definition) is 6. The lowest BCUT2D eigenvalue weighted by molar-refractivity contribution is 0.0936. The van der Waals surface area contributed by atoms with Crippen molar-refractivity contribution in [2.75, 3.05) is 12.0 Å². The van der Waals surface area contributed by atoms with Gasteiger partial charge in [0.05, 0.1) is 34.5 Å². The average molecular weight is 604 g/mol. The summed E-state index contributed by atoms with van der Waals surface area (Å²) in [6, 6.07) is 26.0. The number of carbonyl (C=O) groups excluding carboxylic acids is 1. The summed E-state index contributed by atoms with van der Waals surface area (Å²) >= 11 is 6.44. The Morgan fingerprint density at radius 1 is 1.02 bits per heavy atom. The van der Waals surface area contributed by atoms with Crippen LogP contribution in [0.2, 0.25) is 5.02 Å². The van der Waals surface area contributed by atoms with Gasteiger partial charge in [0.2, 0.25) is 0 Å². The molecule has 1 amide bonds. The molecule has 0 aliphatic carbocycles. The van der Waals surface area contributed by atoms with Crippen molar-refractivity contribution in [1.82, 2.24) is 10.6 Å². The molecule has 0 spiro atoms. The van der Waals surface area contributed by atoms with Gasteiger partial charge < -0.3 is 15.1 Å². The van der Waals surface area contributed by atoms with Gasteiger partial charge in [0.15, 0.2) is 0 Å². The van der Waals surface area contributed by atoms with Crippen LogP contribution in [0.1, 0.15) is 57.8 Å². The van der Waals surface area contributed by atoms with Crippen LogP contribution in [0.3, 0.4) is 0 Å². The van der Waals surface area contributed by atoms with Crippen molar-refractivity contribution in [3.8, 4) is 17.4 Å². The van der Waals surface area contributed by atoms with Crippen molar-refractivity contribution in [3.63, 3.8) is 0 Å². The first-order chi connectivity index (χ1) is 20.0. The summed E-state index contributed by atoms with van der Waals surface area (Å²) in [7, 11) is -3.24. The fraction of sp³-hybridized carbons (Fsp3) is 0.273. The number of benzene rings is 3. The molecule has 1 heterocycles. The highest BCUT2D eigenvalue weighted by atomic mass is 35.5. The summed E-state index contributed by atoms with van der Waals surface area (Å²) in [4.78, 5) is 13.4. The summed E-state index contributed by atoms with van der Waals surface area (Å²) in [6.45, 7) is 4.70. The van der Waals surface area contributed by atoms with E-state index in [-0.39, 0.29) is 28.8 Å². The fourth-order valence-corrected chi connectivity index (χ4v) is 5.47. The monoisotopic (exact) mass is 603 g/mol. The van der Waals surface area contributed by atoms with Gasteiger partial charge in [-0.15, -0.1) is 0 Å².